The molecule has 0 fully saturated rings. The lowest BCUT2D eigenvalue weighted by molar-refractivity contribution is -0.134. The molecule has 0 amide bonds. The van der Waals surface area contributed by atoms with Crippen LogP contribution in [-0.4, -0.2) is 5.97 Å². The Kier molecular flexibility index (Phi) is 2.18. The standard InChI is InChI=1S/C15H14O2/c1-9(2)13-12-8-7-10-5-3-4-6-11(10)14(12)17-15(13)16/h3-9,13H,1-2H3. The van der Waals surface area contributed by atoms with Crippen molar-refractivity contribution in [1.82, 2.24) is 0 Å². The maximum Gasteiger partial charge on any atom is 0.319 e. The number of rotatable bonds is 1. The van der Waals surface area contributed by atoms with Gasteiger partial charge in [-0.2, -0.15) is 0 Å². The summed E-state index contributed by atoms with van der Waals surface area (Å²) in [4.78, 5) is 11.9. The van der Waals surface area contributed by atoms with E-state index in [1.807, 2.05) is 30.3 Å². The van der Waals surface area contributed by atoms with Gasteiger partial charge in [-0.25, -0.2) is 0 Å². The van der Waals surface area contributed by atoms with E-state index in [9.17, 15) is 4.79 Å². The molecule has 2 aromatic rings. The number of carbonyl (C=O) groups excluding carboxylic acids is 1. The molecule has 1 atom stereocenters. The van der Waals surface area contributed by atoms with Gasteiger partial charge < -0.3 is 4.74 Å². The number of esters is 1. The second-order valence-electron chi connectivity index (χ2n) is 4.85. The fourth-order valence-corrected chi connectivity index (χ4v) is 2.54. The van der Waals surface area contributed by atoms with Crippen LogP contribution in [0.5, 0.6) is 5.75 Å². The maximum atomic E-state index is 11.9. The molecule has 0 saturated carbocycles. The minimum atomic E-state index is -0.119. The lowest BCUT2D eigenvalue weighted by Crippen LogP contribution is -2.15. The molecule has 0 spiro atoms. The third-order valence-corrected chi connectivity index (χ3v) is 3.37. The Morgan fingerprint density at radius 3 is 2.65 bits per heavy atom. The Morgan fingerprint density at radius 2 is 1.88 bits per heavy atom. The molecule has 1 heterocycles. The normalized spacial score (nSPS) is 18.5. The van der Waals surface area contributed by atoms with Gasteiger partial charge in [0.25, 0.3) is 0 Å². The zero-order chi connectivity index (χ0) is 12.0. The van der Waals surface area contributed by atoms with Crippen LogP contribution in [-0.2, 0) is 4.79 Å². The predicted octanol–water partition coefficient (Wildman–Crippen LogP) is 3.50. The lowest BCUT2D eigenvalue weighted by atomic mass is 9.88. The predicted molar refractivity (Wildman–Crippen MR) is 67.2 cm³/mol. The first-order valence-corrected chi connectivity index (χ1v) is 5.92. The number of hydrogen-bond acceptors (Lipinski definition) is 2. The summed E-state index contributed by atoms with van der Waals surface area (Å²) in [7, 11) is 0. The molecule has 2 heteroatoms. The molecule has 2 nitrogen and oxygen atoms in total. The van der Waals surface area contributed by atoms with Crippen LogP contribution in [0.15, 0.2) is 36.4 Å². The zero-order valence-corrected chi connectivity index (χ0v) is 9.94. The van der Waals surface area contributed by atoms with Crippen molar-refractivity contribution in [2.24, 2.45) is 5.92 Å². The number of benzene rings is 2. The average molecular weight is 226 g/mol. The molecule has 0 aromatic heterocycles. The highest BCUT2D eigenvalue weighted by Gasteiger charge is 2.36. The summed E-state index contributed by atoms with van der Waals surface area (Å²) in [6.07, 6.45) is 0. The Morgan fingerprint density at radius 1 is 1.12 bits per heavy atom. The Labute approximate surface area is 100 Å². The van der Waals surface area contributed by atoms with Crippen LogP contribution in [0.2, 0.25) is 0 Å². The average Bonchev–Trinajstić information content (AvgIpc) is 2.65. The van der Waals surface area contributed by atoms with Gasteiger partial charge in [-0.15, -0.1) is 0 Å². The van der Waals surface area contributed by atoms with Crippen molar-refractivity contribution < 1.29 is 9.53 Å². The molecule has 0 bridgehead atoms. The minimum Gasteiger partial charge on any atom is -0.425 e. The molecular weight excluding hydrogens is 212 g/mol. The molecule has 1 aliphatic heterocycles. The van der Waals surface area contributed by atoms with E-state index < -0.39 is 0 Å². The van der Waals surface area contributed by atoms with Crippen LogP contribution in [0.1, 0.15) is 25.3 Å². The van der Waals surface area contributed by atoms with Crippen LogP contribution in [0.3, 0.4) is 0 Å². The SMILES string of the molecule is CC(C)C1C(=O)Oc2c1ccc1ccccc21. The van der Waals surface area contributed by atoms with E-state index >= 15 is 0 Å². The fraction of sp³-hybridized carbons (Fsp3) is 0.267. The highest BCUT2D eigenvalue weighted by Crippen LogP contribution is 2.43. The van der Waals surface area contributed by atoms with Crippen LogP contribution >= 0.6 is 0 Å². The van der Waals surface area contributed by atoms with Gasteiger partial charge in [0.05, 0.1) is 5.92 Å². The van der Waals surface area contributed by atoms with Gasteiger partial charge in [0.2, 0.25) is 0 Å². The molecule has 17 heavy (non-hydrogen) atoms. The number of fused-ring (bicyclic) bond motifs is 3. The first-order chi connectivity index (χ1) is 8.18. The largest absolute Gasteiger partial charge is 0.425 e. The highest BCUT2D eigenvalue weighted by atomic mass is 16.5. The smallest absolute Gasteiger partial charge is 0.319 e. The van der Waals surface area contributed by atoms with E-state index in [-0.39, 0.29) is 17.8 Å². The Hall–Kier alpha value is -1.83. The zero-order valence-electron chi connectivity index (χ0n) is 9.94. The summed E-state index contributed by atoms with van der Waals surface area (Å²) in [6.45, 7) is 4.10. The molecular formula is C15H14O2. The van der Waals surface area contributed by atoms with E-state index in [2.05, 4.69) is 19.9 Å². The van der Waals surface area contributed by atoms with E-state index in [0.29, 0.717) is 0 Å². The molecule has 0 radical (unpaired) electrons. The van der Waals surface area contributed by atoms with Gasteiger partial charge in [0.1, 0.15) is 5.75 Å². The van der Waals surface area contributed by atoms with Gasteiger partial charge in [-0.05, 0) is 11.3 Å². The minimum absolute atomic E-state index is 0.116. The van der Waals surface area contributed by atoms with Crippen molar-refractivity contribution in [2.45, 2.75) is 19.8 Å². The molecule has 0 saturated heterocycles. The van der Waals surface area contributed by atoms with Crippen molar-refractivity contribution in [1.29, 1.82) is 0 Å². The van der Waals surface area contributed by atoms with Crippen LogP contribution < -0.4 is 4.74 Å². The van der Waals surface area contributed by atoms with Crippen molar-refractivity contribution in [2.75, 3.05) is 0 Å². The van der Waals surface area contributed by atoms with Gasteiger partial charge in [-0.3, -0.25) is 4.79 Å². The topological polar surface area (TPSA) is 26.3 Å². The second kappa shape index (κ2) is 3.59. The van der Waals surface area contributed by atoms with Gasteiger partial charge in [0, 0.05) is 10.9 Å². The van der Waals surface area contributed by atoms with Crippen molar-refractivity contribution >= 4 is 16.7 Å². The van der Waals surface area contributed by atoms with Crippen molar-refractivity contribution in [3.63, 3.8) is 0 Å². The van der Waals surface area contributed by atoms with Gasteiger partial charge in [0.15, 0.2) is 0 Å². The summed E-state index contributed by atoms with van der Waals surface area (Å²) < 4.78 is 5.46. The number of carbonyl (C=O) groups is 1. The molecule has 1 unspecified atom stereocenters. The summed E-state index contributed by atoms with van der Waals surface area (Å²) in [6, 6.07) is 12.1. The highest BCUT2D eigenvalue weighted by molar-refractivity contribution is 5.97. The summed E-state index contributed by atoms with van der Waals surface area (Å²) in [5.74, 6) is 0.790. The third-order valence-electron chi connectivity index (χ3n) is 3.37. The number of ether oxygens (including phenoxy) is 1. The molecule has 0 aliphatic carbocycles. The van der Waals surface area contributed by atoms with Crippen molar-refractivity contribution in [3.8, 4) is 5.75 Å². The monoisotopic (exact) mass is 226 g/mol. The summed E-state index contributed by atoms with van der Waals surface area (Å²) in [5, 5.41) is 2.14. The molecule has 2 aromatic carbocycles. The molecule has 3 rings (SSSR count). The maximum absolute atomic E-state index is 11.9. The third kappa shape index (κ3) is 1.44. The van der Waals surface area contributed by atoms with Crippen LogP contribution in [0.25, 0.3) is 10.8 Å². The van der Waals surface area contributed by atoms with Gasteiger partial charge in [-0.1, -0.05) is 50.2 Å². The fourth-order valence-electron chi connectivity index (χ4n) is 2.54. The molecule has 1 aliphatic rings. The summed E-state index contributed by atoms with van der Waals surface area (Å²) >= 11 is 0. The first kappa shape index (κ1) is 10.3. The van der Waals surface area contributed by atoms with E-state index in [0.717, 1.165) is 22.1 Å². The van der Waals surface area contributed by atoms with Crippen molar-refractivity contribution in [3.05, 3.63) is 42.0 Å². The van der Waals surface area contributed by atoms with Gasteiger partial charge >= 0.3 is 5.97 Å². The molecule has 86 valence electrons. The van der Waals surface area contributed by atoms with Crippen LogP contribution in [0, 0.1) is 5.92 Å². The summed E-state index contributed by atoms with van der Waals surface area (Å²) in [5.41, 5.74) is 1.03. The van der Waals surface area contributed by atoms with E-state index in [4.69, 9.17) is 4.74 Å². The second-order valence-corrected chi connectivity index (χ2v) is 4.85. The van der Waals surface area contributed by atoms with E-state index in [1.165, 1.54) is 0 Å². The first-order valence-electron chi connectivity index (χ1n) is 5.92. The lowest BCUT2D eigenvalue weighted by Gasteiger charge is -2.10. The Bertz CT molecular complexity index is 599. The number of hydrogen-bond donors (Lipinski definition) is 0. The molecule has 0 N–H and O–H groups in total. The van der Waals surface area contributed by atoms with E-state index in [1.54, 1.807) is 0 Å². The Balaban J connectivity index is 2.27. The quantitative estimate of drug-likeness (QED) is 0.549. The van der Waals surface area contributed by atoms with Crippen LogP contribution in [0.4, 0.5) is 0 Å².